The predicted octanol–water partition coefficient (Wildman–Crippen LogP) is 3.82. The van der Waals surface area contributed by atoms with Crippen molar-refractivity contribution in [3.8, 4) is 0 Å². The fourth-order valence-electron chi connectivity index (χ4n) is 4.84. The van der Waals surface area contributed by atoms with E-state index in [9.17, 15) is 19.2 Å². The van der Waals surface area contributed by atoms with E-state index in [4.69, 9.17) is 9.47 Å². The van der Waals surface area contributed by atoms with E-state index in [0.717, 1.165) is 63.2 Å². The topological polar surface area (TPSA) is 93.2 Å². The van der Waals surface area contributed by atoms with Gasteiger partial charge in [-0.2, -0.15) is 0 Å². The van der Waals surface area contributed by atoms with Crippen molar-refractivity contribution in [3.05, 3.63) is 59.7 Å². The smallest absolute Gasteiger partial charge is 0.302 e. The number of benzene rings is 2. The van der Waals surface area contributed by atoms with E-state index in [0.29, 0.717) is 11.1 Å². The number of anilines is 2. The molecule has 2 aliphatic rings. The number of piperidine rings is 2. The first-order valence-electron chi connectivity index (χ1n) is 12.4. The summed E-state index contributed by atoms with van der Waals surface area (Å²) in [6.45, 7) is 5.90. The molecule has 0 bridgehead atoms. The zero-order valence-corrected chi connectivity index (χ0v) is 20.8. The summed E-state index contributed by atoms with van der Waals surface area (Å²) in [5, 5.41) is 0. The Morgan fingerprint density at radius 3 is 1.17 bits per heavy atom. The lowest BCUT2D eigenvalue weighted by atomic mass is 10.00. The van der Waals surface area contributed by atoms with Crippen LogP contribution in [-0.2, 0) is 19.1 Å². The van der Waals surface area contributed by atoms with Crippen molar-refractivity contribution in [2.75, 3.05) is 36.0 Å². The van der Waals surface area contributed by atoms with Gasteiger partial charge in [0.2, 0.25) is 11.6 Å². The van der Waals surface area contributed by atoms with Crippen LogP contribution in [0.2, 0.25) is 0 Å². The van der Waals surface area contributed by atoms with Gasteiger partial charge >= 0.3 is 11.9 Å². The Morgan fingerprint density at radius 2 is 0.889 bits per heavy atom. The highest BCUT2D eigenvalue weighted by Gasteiger charge is 2.24. The number of Topliss-reactive ketones (excluding diaryl/α,β-unsaturated/α-hetero) is 2. The predicted molar refractivity (Wildman–Crippen MR) is 136 cm³/mol. The van der Waals surface area contributed by atoms with Crippen LogP contribution < -0.4 is 9.80 Å². The Bertz CT molecular complexity index is 1010. The Morgan fingerprint density at radius 1 is 0.583 bits per heavy atom. The van der Waals surface area contributed by atoms with Gasteiger partial charge in [-0.3, -0.25) is 19.2 Å². The van der Waals surface area contributed by atoms with E-state index >= 15 is 0 Å². The van der Waals surface area contributed by atoms with E-state index in [2.05, 4.69) is 9.80 Å². The van der Waals surface area contributed by atoms with Gasteiger partial charge in [-0.05, 0) is 48.5 Å². The molecule has 0 aliphatic carbocycles. The molecule has 36 heavy (non-hydrogen) atoms. The number of hydrogen-bond acceptors (Lipinski definition) is 8. The summed E-state index contributed by atoms with van der Waals surface area (Å²) in [7, 11) is 0. The second-order valence-electron chi connectivity index (χ2n) is 9.34. The minimum atomic E-state index is -0.537. The van der Waals surface area contributed by atoms with Crippen molar-refractivity contribution in [1.82, 2.24) is 0 Å². The third-order valence-corrected chi connectivity index (χ3v) is 6.74. The van der Waals surface area contributed by atoms with Crippen LogP contribution in [0, 0.1) is 0 Å². The monoisotopic (exact) mass is 492 g/mol. The molecule has 2 heterocycles. The molecule has 2 saturated heterocycles. The van der Waals surface area contributed by atoms with Crippen molar-refractivity contribution in [3.63, 3.8) is 0 Å². The molecule has 2 aliphatic heterocycles. The van der Waals surface area contributed by atoms with Gasteiger partial charge in [-0.25, -0.2) is 0 Å². The van der Waals surface area contributed by atoms with Gasteiger partial charge < -0.3 is 19.3 Å². The number of carbonyl (C=O) groups excluding carboxylic acids is 4. The lowest BCUT2D eigenvalue weighted by Gasteiger charge is -2.33. The second kappa shape index (κ2) is 11.4. The highest BCUT2D eigenvalue weighted by Crippen LogP contribution is 2.24. The van der Waals surface area contributed by atoms with Crippen LogP contribution in [0.5, 0.6) is 0 Å². The van der Waals surface area contributed by atoms with Crippen LogP contribution in [0.25, 0.3) is 0 Å². The van der Waals surface area contributed by atoms with Crippen LogP contribution in [0.15, 0.2) is 48.5 Å². The first-order valence-corrected chi connectivity index (χ1v) is 12.4. The molecule has 0 saturated carbocycles. The molecule has 8 heteroatoms. The molecule has 0 aromatic heterocycles. The van der Waals surface area contributed by atoms with Crippen LogP contribution in [0.1, 0.15) is 60.2 Å². The second-order valence-corrected chi connectivity index (χ2v) is 9.34. The summed E-state index contributed by atoms with van der Waals surface area (Å²) >= 11 is 0. The van der Waals surface area contributed by atoms with E-state index in [1.807, 2.05) is 24.3 Å². The number of rotatable bonds is 7. The van der Waals surface area contributed by atoms with E-state index in [1.165, 1.54) is 13.8 Å². The maximum absolute atomic E-state index is 12.8. The molecule has 0 N–H and O–H groups in total. The third kappa shape index (κ3) is 6.30. The molecule has 0 atom stereocenters. The minimum absolute atomic E-state index is 0.0452. The maximum atomic E-state index is 12.8. The normalized spacial score (nSPS) is 16.9. The lowest BCUT2D eigenvalue weighted by molar-refractivity contribution is -0.148. The SMILES string of the molecule is CC(=O)OC1CCN(c2ccc(C(=O)C(=O)c3ccc(N4CCC(OC(C)=O)CC4)cc3)cc2)CC1. The number of carbonyl (C=O) groups is 4. The molecule has 2 aromatic carbocycles. The number of ketones is 2. The molecule has 8 nitrogen and oxygen atoms in total. The fourth-order valence-corrected chi connectivity index (χ4v) is 4.84. The first kappa shape index (κ1) is 25.4. The van der Waals surface area contributed by atoms with Gasteiger partial charge in [0.05, 0.1) is 0 Å². The van der Waals surface area contributed by atoms with Crippen LogP contribution >= 0.6 is 0 Å². The van der Waals surface area contributed by atoms with Gasteiger partial charge in [0.25, 0.3) is 0 Å². The number of ether oxygens (including phenoxy) is 2. The number of esters is 2. The molecule has 2 fully saturated rings. The molecule has 190 valence electrons. The van der Waals surface area contributed by atoms with Crippen LogP contribution in [0.3, 0.4) is 0 Å². The number of nitrogens with zero attached hydrogens (tertiary/aromatic N) is 2. The summed E-state index contributed by atoms with van der Waals surface area (Å²) in [5.41, 5.74) is 2.66. The third-order valence-electron chi connectivity index (χ3n) is 6.74. The highest BCUT2D eigenvalue weighted by molar-refractivity contribution is 6.49. The molecular weight excluding hydrogens is 460 g/mol. The molecule has 0 unspecified atom stereocenters. The van der Waals surface area contributed by atoms with Crippen molar-refractivity contribution >= 4 is 34.9 Å². The van der Waals surface area contributed by atoms with Gasteiger partial charge in [0, 0.05) is 88.2 Å². The van der Waals surface area contributed by atoms with Crippen molar-refractivity contribution in [2.45, 2.75) is 51.7 Å². The average molecular weight is 493 g/mol. The average Bonchev–Trinajstić information content (AvgIpc) is 2.88. The molecule has 0 amide bonds. The minimum Gasteiger partial charge on any atom is -0.462 e. The molecule has 4 rings (SSSR count). The lowest BCUT2D eigenvalue weighted by Crippen LogP contribution is -2.37. The summed E-state index contributed by atoms with van der Waals surface area (Å²) in [6.07, 6.45) is 2.96. The standard InChI is InChI=1S/C28H32N2O6/c1-19(31)35-25-11-15-29(16-12-25)23-7-3-21(4-8-23)27(33)28(34)22-5-9-24(10-6-22)30-17-13-26(14-18-30)36-20(2)32/h3-10,25-26H,11-18H2,1-2H3. The van der Waals surface area contributed by atoms with E-state index in [1.54, 1.807) is 24.3 Å². The summed E-state index contributed by atoms with van der Waals surface area (Å²) in [5.74, 6) is -1.58. The summed E-state index contributed by atoms with van der Waals surface area (Å²) in [4.78, 5) is 52.3. The zero-order chi connectivity index (χ0) is 25.7. The largest absolute Gasteiger partial charge is 0.462 e. The Balaban J connectivity index is 1.32. The maximum Gasteiger partial charge on any atom is 0.302 e. The molecular formula is C28H32N2O6. The van der Waals surface area contributed by atoms with Crippen molar-refractivity contribution < 1.29 is 28.7 Å². The molecule has 0 radical (unpaired) electrons. The molecule has 2 aromatic rings. The van der Waals surface area contributed by atoms with E-state index < -0.39 is 11.6 Å². The van der Waals surface area contributed by atoms with Gasteiger partial charge in [-0.15, -0.1) is 0 Å². The van der Waals surface area contributed by atoms with Crippen molar-refractivity contribution in [2.24, 2.45) is 0 Å². The van der Waals surface area contributed by atoms with Crippen molar-refractivity contribution in [1.29, 1.82) is 0 Å². The Hall–Kier alpha value is -3.68. The summed E-state index contributed by atoms with van der Waals surface area (Å²) < 4.78 is 10.6. The van der Waals surface area contributed by atoms with Gasteiger partial charge in [0.1, 0.15) is 12.2 Å². The quantitative estimate of drug-likeness (QED) is 0.327. The first-order chi connectivity index (χ1) is 17.3. The highest BCUT2D eigenvalue weighted by atomic mass is 16.5. The summed E-state index contributed by atoms with van der Waals surface area (Å²) in [6, 6.07) is 14.2. The molecule has 0 spiro atoms. The van der Waals surface area contributed by atoms with Gasteiger partial charge in [0.15, 0.2) is 0 Å². The zero-order valence-electron chi connectivity index (χ0n) is 20.8. The van der Waals surface area contributed by atoms with Crippen LogP contribution in [-0.4, -0.2) is 61.9 Å². The Labute approximate surface area is 211 Å². The van der Waals surface area contributed by atoms with Gasteiger partial charge in [-0.1, -0.05) is 0 Å². The van der Waals surface area contributed by atoms with Crippen LogP contribution in [0.4, 0.5) is 11.4 Å². The van der Waals surface area contributed by atoms with E-state index in [-0.39, 0.29) is 24.1 Å². The fraction of sp³-hybridized carbons (Fsp3) is 0.429. The Kier molecular flexibility index (Phi) is 8.03. The number of hydrogen-bond donors (Lipinski definition) is 0.